The number of fused-ring (bicyclic) bond motifs is 3. The van der Waals surface area contributed by atoms with Crippen molar-refractivity contribution in [3.63, 3.8) is 0 Å². The maximum atomic E-state index is 13.0. The molecule has 1 aliphatic rings. The quantitative estimate of drug-likeness (QED) is 0.459. The predicted molar refractivity (Wildman–Crippen MR) is 134 cm³/mol. The third kappa shape index (κ3) is 5.19. The zero-order chi connectivity index (χ0) is 24.9. The average molecular weight is 473 g/mol. The lowest BCUT2D eigenvalue weighted by Crippen LogP contribution is -2.39. The summed E-state index contributed by atoms with van der Waals surface area (Å²) in [5, 5.41) is 11.8. The number of hydrogen-bond acceptors (Lipinski definition) is 4. The molecule has 35 heavy (non-hydrogen) atoms. The molecule has 7 nitrogen and oxygen atoms in total. The summed E-state index contributed by atoms with van der Waals surface area (Å²) in [6.45, 7) is 4.06. The molecule has 0 aromatic heterocycles. The molecule has 3 aromatic rings. The fraction of sp³-hybridized carbons (Fsp3) is 0.250. The Kier molecular flexibility index (Phi) is 7.15. The molecule has 4 rings (SSSR count). The van der Waals surface area contributed by atoms with Crippen molar-refractivity contribution in [3.8, 4) is 11.1 Å². The molecule has 0 radical (unpaired) electrons. The summed E-state index contributed by atoms with van der Waals surface area (Å²) in [5.41, 5.74) is 5.35. The van der Waals surface area contributed by atoms with Gasteiger partial charge in [0.05, 0.1) is 6.42 Å². The first-order valence-electron chi connectivity index (χ1n) is 11.6. The van der Waals surface area contributed by atoms with Gasteiger partial charge in [-0.25, -0.2) is 4.79 Å². The number of benzene rings is 3. The van der Waals surface area contributed by atoms with E-state index in [1.165, 1.54) is 4.90 Å². The topological polar surface area (TPSA) is 95.9 Å². The first kappa shape index (κ1) is 24.0. The summed E-state index contributed by atoms with van der Waals surface area (Å²) in [5.74, 6) is -1.30. The third-order valence-electron chi connectivity index (χ3n) is 6.30. The largest absolute Gasteiger partial charge is 0.481 e. The molecule has 2 N–H and O–H groups in total. The SMILES string of the molecule is CCN(C(=O)c1cccc(NC(=O)OCC2c3ccccc3-c3ccccc32)c1)C(C)CC(=O)O. The Morgan fingerprint density at radius 2 is 1.60 bits per heavy atom. The van der Waals surface area contributed by atoms with E-state index >= 15 is 0 Å². The van der Waals surface area contributed by atoms with Gasteiger partial charge in [0.1, 0.15) is 6.61 Å². The second-order valence-electron chi connectivity index (χ2n) is 8.57. The van der Waals surface area contributed by atoms with Crippen LogP contribution in [-0.4, -0.2) is 47.2 Å². The molecule has 3 aromatic carbocycles. The standard InChI is InChI=1S/C28H28N2O5/c1-3-30(18(2)15-26(31)32)27(33)19-9-8-10-20(16-19)29-28(34)35-17-25-23-13-6-4-11-21(23)22-12-5-7-14-24(22)25/h4-14,16,18,25H,3,15,17H2,1-2H3,(H,29,34)(H,31,32). The predicted octanol–water partition coefficient (Wildman–Crippen LogP) is 5.37. The highest BCUT2D eigenvalue weighted by atomic mass is 16.5. The maximum Gasteiger partial charge on any atom is 0.411 e. The molecule has 0 saturated heterocycles. The Labute approximate surface area is 204 Å². The van der Waals surface area contributed by atoms with E-state index in [1.807, 2.05) is 24.3 Å². The van der Waals surface area contributed by atoms with Crippen molar-refractivity contribution < 1.29 is 24.2 Å². The zero-order valence-corrected chi connectivity index (χ0v) is 19.7. The van der Waals surface area contributed by atoms with Crippen LogP contribution >= 0.6 is 0 Å². The normalized spacial score (nSPS) is 12.9. The number of amides is 2. The number of hydrogen-bond donors (Lipinski definition) is 2. The second kappa shape index (κ2) is 10.4. The second-order valence-corrected chi connectivity index (χ2v) is 8.57. The van der Waals surface area contributed by atoms with Crippen LogP contribution in [0.3, 0.4) is 0 Å². The molecule has 180 valence electrons. The first-order valence-corrected chi connectivity index (χ1v) is 11.6. The van der Waals surface area contributed by atoms with E-state index in [0.29, 0.717) is 17.8 Å². The summed E-state index contributed by atoms with van der Waals surface area (Å²) in [6, 6.07) is 22.3. The molecule has 1 aliphatic carbocycles. The van der Waals surface area contributed by atoms with Crippen LogP contribution in [0.2, 0.25) is 0 Å². The summed E-state index contributed by atoms with van der Waals surface area (Å²) in [4.78, 5) is 38.1. The van der Waals surface area contributed by atoms with Crippen LogP contribution in [0.15, 0.2) is 72.8 Å². The van der Waals surface area contributed by atoms with Crippen molar-refractivity contribution in [2.24, 2.45) is 0 Å². The number of aliphatic carboxylic acids is 1. The van der Waals surface area contributed by atoms with E-state index < -0.39 is 18.1 Å². The molecule has 0 heterocycles. The van der Waals surface area contributed by atoms with Gasteiger partial charge in [-0.1, -0.05) is 54.6 Å². The van der Waals surface area contributed by atoms with Gasteiger partial charge in [-0.15, -0.1) is 0 Å². The van der Waals surface area contributed by atoms with Crippen LogP contribution in [0.4, 0.5) is 10.5 Å². The number of carboxylic acids is 1. The fourth-order valence-electron chi connectivity index (χ4n) is 4.67. The number of ether oxygens (including phenoxy) is 1. The average Bonchev–Trinajstić information content (AvgIpc) is 3.16. The maximum absolute atomic E-state index is 13.0. The highest BCUT2D eigenvalue weighted by Gasteiger charge is 2.29. The third-order valence-corrected chi connectivity index (χ3v) is 6.30. The van der Waals surface area contributed by atoms with Gasteiger partial charge in [-0.3, -0.25) is 14.9 Å². The molecule has 2 amide bonds. The molecule has 7 heteroatoms. The van der Waals surface area contributed by atoms with Crippen molar-refractivity contribution in [3.05, 3.63) is 89.5 Å². The van der Waals surface area contributed by atoms with Crippen molar-refractivity contribution in [2.45, 2.75) is 32.2 Å². The van der Waals surface area contributed by atoms with Crippen LogP contribution in [-0.2, 0) is 9.53 Å². The lowest BCUT2D eigenvalue weighted by Gasteiger charge is -2.27. The van der Waals surface area contributed by atoms with Crippen LogP contribution < -0.4 is 5.32 Å². The molecule has 0 spiro atoms. The first-order chi connectivity index (χ1) is 16.9. The smallest absolute Gasteiger partial charge is 0.411 e. The van der Waals surface area contributed by atoms with Gasteiger partial charge in [0, 0.05) is 29.8 Å². The van der Waals surface area contributed by atoms with Gasteiger partial charge in [-0.05, 0) is 54.3 Å². The number of carbonyl (C=O) groups is 3. The van der Waals surface area contributed by atoms with E-state index in [0.717, 1.165) is 22.3 Å². The minimum atomic E-state index is -0.963. The number of nitrogens with one attached hydrogen (secondary N) is 1. The number of nitrogens with zero attached hydrogens (tertiary/aromatic N) is 1. The number of carboxylic acid groups (broad SMARTS) is 1. The Hall–Kier alpha value is -4.13. The number of anilines is 1. The van der Waals surface area contributed by atoms with Gasteiger partial charge >= 0.3 is 12.1 Å². The van der Waals surface area contributed by atoms with Crippen molar-refractivity contribution >= 4 is 23.7 Å². The Morgan fingerprint density at radius 1 is 0.971 bits per heavy atom. The summed E-state index contributed by atoms with van der Waals surface area (Å²) >= 11 is 0. The van der Waals surface area contributed by atoms with Crippen molar-refractivity contribution in [2.75, 3.05) is 18.5 Å². The van der Waals surface area contributed by atoms with E-state index in [2.05, 4.69) is 29.6 Å². The van der Waals surface area contributed by atoms with Gasteiger partial charge in [-0.2, -0.15) is 0 Å². The van der Waals surface area contributed by atoms with Crippen LogP contribution in [0.5, 0.6) is 0 Å². The van der Waals surface area contributed by atoms with Crippen LogP contribution in [0.25, 0.3) is 11.1 Å². The summed E-state index contributed by atoms with van der Waals surface area (Å²) in [7, 11) is 0. The molecule has 0 saturated carbocycles. The highest BCUT2D eigenvalue weighted by Crippen LogP contribution is 2.44. The fourth-order valence-corrected chi connectivity index (χ4v) is 4.67. The van der Waals surface area contributed by atoms with Crippen LogP contribution in [0, 0.1) is 0 Å². The molecule has 0 fully saturated rings. The van der Waals surface area contributed by atoms with Gasteiger partial charge in [0.2, 0.25) is 0 Å². The van der Waals surface area contributed by atoms with Gasteiger partial charge in [0.25, 0.3) is 5.91 Å². The summed E-state index contributed by atoms with van der Waals surface area (Å²) in [6.07, 6.45) is -0.750. The molecular formula is C28H28N2O5. The zero-order valence-electron chi connectivity index (χ0n) is 19.7. The monoisotopic (exact) mass is 472 g/mol. The van der Waals surface area contributed by atoms with Crippen molar-refractivity contribution in [1.82, 2.24) is 4.90 Å². The van der Waals surface area contributed by atoms with E-state index in [9.17, 15) is 14.4 Å². The van der Waals surface area contributed by atoms with E-state index in [1.54, 1.807) is 38.1 Å². The number of carbonyl (C=O) groups excluding carboxylic acids is 2. The Balaban J connectivity index is 1.42. The lowest BCUT2D eigenvalue weighted by molar-refractivity contribution is -0.138. The van der Waals surface area contributed by atoms with Crippen molar-refractivity contribution in [1.29, 1.82) is 0 Å². The Bertz CT molecular complexity index is 1210. The van der Waals surface area contributed by atoms with Gasteiger partial charge in [0.15, 0.2) is 0 Å². The molecule has 0 aliphatic heterocycles. The molecule has 1 atom stereocenters. The van der Waals surface area contributed by atoms with Gasteiger partial charge < -0.3 is 14.7 Å². The highest BCUT2D eigenvalue weighted by molar-refractivity contribution is 5.96. The molecule has 0 bridgehead atoms. The summed E-state index contributed by atoms with van der Waals surface area (Å²) < 4.78 is 5.58. The number of rotatable bonds is 8. The minimum absolute atomic E-state index is 0.0464. The molecular weight excluding hydrogens is 444 g/mol. The Morgan fingerprint density at radius 3 is 2.20 bits per heavy atom. The van der Waals surface area contributed by atoms with E-state index in [4.69, 9.17) is 9.84 Å². The molecule has 1 unspecified atom stereocenters. The minimum Gasteiger partial charge on any atom is -0.481 e. The van der Waals surface area contributed by atoms with Crippen LogP contribution in [0.1, 0.15) is 47.7 Å². The van der Waals surface area contributed by atoms with E-state index in [-0.39, 0.29) is 24.9 Å². The lowest BCUT2D eigenvalue weighted by atomic mass is 9.98.